The maximum atomic E-state index is 3.84. The average molecular weight is 279 g/mol. The number of hydrogen-bond acceptors (Lipinski definition) is 1. The van der Waals surface area contributed by atoms with E-state index in [9.17, 15) is 0 Å². The molecule has 1 heteroatoms. The quantitative estimate of drug-likeness (QED) is 0.836. The fourth-order valence-electron chi connectivity index (χ4n) is 3.41. The second kappa shape index (κ2) is 6.44. The van der Waals surface area contributed by atoms with Crippen molar-refractivity contribution in [2.45, 2.75) is 39.2 Å². The van der Waals surface area contributed by atoms with Crippen molar-refractivity contribution in [3.63, 3.8) is 0 Å². The van der Waals surface area contributed by atoms with Crippen molar-refractivity contribution < 1.29 is 0 Å². The highest BCUT2D eigenvalue weighted by atomic mass is 14.9. The van der Waals surface area contributed by atoms with E-state index in [1.807, 2.05) is 0 Å². The Balaban J connectivity index is 1.91. The van der Waals surface area contributed by atoms with E-state index in [0.29, 0.717) is 6.04 Å². The van der Waals surface area contributed by atoms with E-state index in [2.05, 4.69) is 67.7 Å². The van der Waals surface area contributed by atoms with Crippen LogP contribution in [0.5, 0.6) is 0 Å². The molecule has 1 aliphatic carbocycles. The minimum Gasteiger partial charge on any atom is -0.306 e. The largest absolute Gasteiger partial charge is 0.306 e. The second-order valence-electron chi connectivity index (χ2n) is 6.10. The summed E-state index contributed by atoms with van der Waals surface area (Å²) in [4.78, 5) is 0. The van der Waals surface area contributed by atoms with Gasteiger partial charge in [0.25, 0.3) is 0 Å². The zero-order valence-corrected chi connectivity index (χ0v) is 13.1. The lowest BCUT2D eigenvalue weighted by molar-refractivity contribution is 0.428. The Morgan fingerprint density at radius 1 is 0.905 bits per heavy atom. The van der Waals surface area contributed by atoms with Crippen LogP contribution in [0, 0.1) is 5.92 Å². The predicted octanol–water partition coefficient (Wildman–Crippen LogP) is 4.71. The van der Waals surface area contributed by atoms with E-state index < -0.39 is 0 Å². The molecule has 0 amide bonds. The van der Waals surface area contributed by atoms with E-state index in [0.717, 1.165) is 18.9 Å². The first-order chi connectivity index (χ1) is 10.3. The lowest BCUT2D eigenvalue weighted by Gasteiger charge is -2.30. The van der Waals surface area contributed by atoms with Crippen molar-refractivity contribution in [2.75, 3.05) is 6.54 Å². The van der Waals surface area contributed by atoms with Crippen molar-refractivity contribution in [2.24, 2.45) is 5.92 Å². The smallest absolute Gasteiger partial charge is 0.0582 e. The van der Waals surface area contributed by atoms with Crippen LogP contribution in [0.2, 0.25) is 0 Å². The summed E-state index contributed by atoms with van der Waals surface area (Å²) in [7, 11) is 0. The molecule has 110 valence electrons. The lowest BCUT2D eigenvalue weighted by atomic mass is 9.82. The van der Waals surface area contributed by atoms with Crippen LogP contribution in [0.15, 0.2) is 48.5 Å². The molecule has 2 aromatic rings. The third-order valence-electron chi connectivity index (χ3n) is 4.88. The molecule has 1 N–H and O–H groups in total. The van der Waals surface area contributed by atoms with Crippen LogP contribution < -0.4 is 5.32 Å². The summed E-state index contributed by atoms with van der Waals surface area (Å²) in [6.45, 7) is 5.68. The molecule has 0 atom stereocenters. The molecule has 2 aromatic carbocycles. The first-order valence-electron chi connectivity index (χ1n) is 8.22. The molecule has 1 nitrogen and oxygen atoms in total. The van der Waals surface area contributed by atoms with Gasteiger partial charge in [0.15, 0.2) is 0 Å². The molecule has 3 rings (SSSR count). The highest BCUT2D eigenvalue weighted by Crippen LogP contribution is 2.34. The summed E-state index contributed by atoms with van der Waals surface area (Å²) < 4.78 is 0. The number of hydrogen-bond donors (Lipinski definition) is 1. The maximum Gasteiger partial charge on any atom is 0.0582 e. The minimum atomic E-state index is 0.353. The molecule has 0 bridgehead atoms. The van der Waals surface area contributed by atoms with Gasteiger partial charge in [-0.25, -0.2) is 0 Å². The van der Waals surface area contributed by atoms with E-state index in [-0.39, 0.29) is 0 Å². The SMILES string of the molecule is CCC(CC)CNC1c2ccccc2Cc2ccccc21. The Hall–Kier alpha value is -1.60. The third kappa shape index (κ3) is 2.89. The molecular formula is C20H25N. The topological polar surface area (TPSA) is 12.0 Å². The maximum absolute atomic E-state index is 3.84. The molecule has 0 unspecified atom stereocenters. The molecule has 21 heavy (non-hydrogen) atoms. The van der Waals surface area contributed by atoms with Gasteiger partial charge in [0.05, 0.1) is 6.04 Å². The number of rotatable bonds is 5. The van der Waals surface area contributed by atoms with Gasteiger partial charge < -0.3 is 5.32 Å². The lowest BCUT2D eigenvalue weighted by Crippen LogP contribution is -2.31. The van der Waals surface area contributed by atoms with Gasteiger partial charge in [0.2, 0.25) is 0 Å². The molecule has 0 saturated carbocycles. The molecule has 0 aromatic heterocycles. The fraction of sp³-hybridized carbons (Fsp3) is 0.400. The predicted molar refractivity (Wildman–Crippen MR) is 89.6 cm³/mol. The van der Waals surface area contributed by atoms with Crippen LogP contribution in [0.25, 0.3) is 0 Å². The molecule has 0 aliphatic heterocycles. The van der Waals surface area contributed by atoms with Gasteiger partial charge in [0.1, 0.15) is 0 Å². The molecule has 0 saturated heterocycles. The Labute approximate surface area is 128 Å². The van der Waals surface area contributed by atoms with Crippen molar-refractivity contribution in [1.82, 2.24) is 5.32 Å². The third-order valence-corrected chi connectivity index (χ3v) is 4.88. The van der Waals surface area contributed by atoms with Gasteiger partial charge in [-0.05, 0) is 41.1 Å². The first-order valence-corrected chi connectivity index (χ1v) is 8.22. The van der Waals surface area contributed by atoms with Crippen LogP contribution >= 0.6 is 0 Å². The first kappa shape index (κ1) is 14.3. The van der Waals surface area contributed by atoms with Crippen molar-refractivity contribution in [3.05, 3.63) is 70.8 Å². The highest BCUT2D eigenvalue weighted by Gasteiger charge is 2.24. The van der Waals surface area contributed by atoms with Crippen molar-refractivity contribution in [1.29, 1.82) is 0 Å². The number of nitrogens with one attached hydrogen (secondary N) is 1. The summed E-state index contributed by atoms with van der Waals surface area (Å²) in [6.07, 6.45) is 3.56. The standard InChI is InChI=1S/C20H25N/c1-3-15(4-2)14-21-20-18-11-7-5-9-16(18)13-17-10-6-8-12-19(17)20/h5-12,15,20-21H,3-4,13-14H2,1-2H3. The van der Waals surface area contributed by atoms with Crippen LogP contribution in [-0.4, -0.2) is 6.54 Å². The van der Waals surface area contributed by atoms with Gasteiger partial charge in [-0.3, -0.25) is 0 Å². The highest BCUT2D eigenvalue weighted by molar-refractivity contribution is 5.48. The molecule has 0 spiro atoms. The summed E-state index contributed by atoms with van der Waals surface area (Å²) in [5, 5.41) is 3.84. The molecular weight excluding hydrogens is 254 g/mol. The molecule has 0 radical (unpaired) electrons. The summed E-state index contributed by atoms with van der Waals surface area (Å²) in [5.41, 5.74) is 5.86. The molecule has 1 aliphatic rings. The van der Waals surface area contributed by atoms with Crippen LogP contribution in [0.3, 0.4) is 0 Å². The van der Waals surface area contributed by atoms with Gasteiger partial charge in [-0.15, -0.1) is 0 Å². The Morgan fingerprint density at radius 3 is 1.95 bits per heavy atom. The second-order valence-corrected chi connectivity index (χ2v) is 6.10. The Kier molecular flexibility index (Phi) is 4.40. The summed E-state index contributed by atoms with van der Waals surface area (Å²) in [6, 6.07) is 18.1. The average Bonchev–Trinajstić information content (AvgIpc) is 2.54. The number of fused-ring (bicyclic) bond motifs is 2. The van der Waals surface area contributed by atoms with E-state index in [1.165, 1.54) is 35.1 Å². The van der Waals surface area contributed by atoms with Crippen LogP contribution in [0.1, 0.15) is 55.0 Å². The van der Waals surface area contributed by atoms with Gasteiger partial charge >= 0.3 is 0 Å². The Morgan fingerprint density at radius 2 is 1.43 bits per heavy atom. The van der Waals surface area contributed by atoms with Gasteiger partial charge in [0, 0.05) is 0 Å². The van der Waals surface area contributed by atoms with E-state index >= 15 is 0 Å². The zero-order chi connectivity index (χ0) is 14.7. The van der Waals surface area contributed by atoms with Crippen molar-refractivity contribution >= 4 is 0 Å². The van der Waals surface area contributed by atoms with Gasteiger partial charge in [-0.1, -0.05) is 75.2 Å². The van der Waals surface area contributed by atoms with Crippen LogP contribution in [0.4, 0.5) is 0 Å². The monoisotopic (exact) mass is 279 g/mol. The number of benzene rings is 2. The van der Waals surface area contributed by atoms with E-state index in [4.69, 9.17) is 0 Å². The van der Waals surface area contributed by atoms with Crippen molar-refractivity contribution in [3.8, 4) is 0 Å². The zero-order valence-electron chi connectivity index (χ0n) is 13.1. The summed E-state index contributed by atoms with van der Waals surface area (Å²) in [5.74, 6) is 0.770. The molecule has 0 fully saturated rings. The van der Waals surface area contributed by atoms with E-state index in [1.54, 1.807) is 0 Å². The fourth-order valence-corrected chi connectivity index (χ4v) is 3.41. The normalized spacial score (nSPS) is 14.0. The molecule has 0 heterocycles. The Bertz CT molecular complexity index is 553. The van der Waals surface area contributed by atoms with Gasteiger partial charge in [-0.2, -0.15) is 0 Å². The minimum absolute atomic E-state index is 0.353. The summed E-state index contributed by atoms with van der Waals surface area (Å²) >= 11 is 0. The van der Waals surface area contributed by atoms with Crippen LogP contribution in [-0.2, 0) is 6.42 Å².